The van der Waals surface area contributed by atoms with Crippen molar-refractivity contribution in [2.24, 2.45) is 11.8 Å². The summed E-state index contributed by atoms with van der Waals surface area (Å²) in [7, 11) is -2.81. The van der Waals surface area contributed by atoms with E-state index in [4.69, 9.17) is 0 Å². The molecule has 0 aromatic rings. The fourth-order valence-electron chi connectivity index (χ4n) is 2.09. The summed E-state index contributed by atoms with van der Waals surface area (Å²) in [6.45, 7) is 10.4. The zero-order valence-corrected chi connectivity index (χ0v) is 13.4. The third kappa shape index (κ3) is 9.89. The van der Waals surface area contributed by atoms with Gasteiger partial charge >= 0.3 is 0 Å². The van der Waals surface area contributed by atoms with E-state index in [-0.39, 0.29) is 0 Å². The first-order valence-corrected chi connectivity index (χ1v) is 9.14. The summed E-state index contributed by atoms with van der Waals surface area (Å²) in [6, 6.07) is 0. The van der Waals surface area contributed by atoms with Crippen LogP contribution in [0, 0.1) is 11.8 Å². The van der Waals surface area contributed by atoms with Gasteiger partial charge in [-0.25, -0.2) is 8.42 Å². The van der Waals surface area contributed by atoms with Gasteiger partial charge in [0.25, 0.3) is 0 Å². The van der Waals surface area contributed by atoms with Gasteiger partial charge in [-0.1, -0.05) is 34.1 Å². The fraction of sp³-hybridized carbons (Fsp3) is 1.00. The standard InChI is InChI=1S/C14H31NO2S/c1-5-7-14(12-15-11-13(3)4)8-10-18(16,17)9-6-2/h13-15H,5-12H2,1-4H3. The third-order valence-electron chi connectivity index (χ3n) is 3.03. The van der Waals surface area contributed by atoms with E-state index < -0.39 is 9.84 Å². The molecule has 0 aliphatic heterocycles. The highest BCUT2D eigenvalue weighted by molar-refractivity contribution is 7.91. The molecule has 0 saturated heterocycles. The van der Waals surface area contributed by atoms with Crippen LogP contribution in [-0.2, 0) is 9.84 Å². The second-order valence-electron chi connectivity index (χ2n) is 5.65. The summed E-state index contributed by atoms with van der Waals surface area (Å²) in [5.74, 6) is 1.84. The minimum atomic E-state index is -2.81. The molecule has 0 aliphatic rings. The molecule has 18 heavy (non-hydrogen) atoms. The molecule has 1 unspecified atom stereocenters. The minimum absolute atomic E-state index is 0.339. The highest BCUT2D eigenvalue weighted by atomic mass is 32.2. The molecule has 1 N–H and O–H groups in total. The zero-order valence-electron chi connectivity index (χ0n) is 12.5. The molecule has 0 fully saturated rings. The van der Waals surface area contributed by atoms with Gasteiger partial charge in [0.15, 0.2) is 0 Å². The first-order valence-electron chi connectivity index (χ1n) is 7.32. The van der Waals surface area contributed by atoms with Gasteiger partial charge in [-0.3, -0.25) is 0 Å². The van der Waals surface area contributed by atoms with Crippen molar-refractivity contribution in [3.63, 3.8) is 0 Å². The molecular formula is C14H31NO2S. The highest BCUT2D eigenvalue weighted by Crippen LogP contribution is 2.12. The number of hydrogen-bond acceptors (Lipinski definition) is 3. The molecule has 0 amide bonds. The van der Waals surface area contributed by atoms with E-state index in [0.717, 1.165) is 38.8 Å². The average molecular weight is 277 g/mol. The Kier molecular flexibility index (Phi) is 9.74. The van der Waals surface area contributed by atoms with Crippen molar-refractivity contribution in [2.75, 3.05) is 24.6 Å². The predicted octanol–water partition coefficient (Wildman–Crippen LogP) is 2.86. The van der Waals surface area contributed by atoms with Gasteiger partial charge in [0, 0.05) is 5.75 Å². The maximum atomic E-state index is 11.7. The minimum Gasteiger partial charge on any atom is -0.316 e. The second kappa shape index (κ2) is 9.79. The van der Waals surface area contributed by atoms with Crippen molar-refractivity contribution in [3.05, 3.63) is 0 Å². The summed E-state index contributed by atoms with van der Waals surface area (Å²) >= 11 is 0. The molecule has 0 rings (SSSR count). The fourth-order valence-corrected chi connectivity index (χ4v) is 3.61. The van der Waals surface area contributed by atoms with E-state index in [0.29, 0.717) is 23.3 Å². The van der Waals surface area contributed by atoms with E-state index in [9.17, 15) is 8.42 Å². The summed E-state index contributed by atoms with van der Waals surface area (Å²) in [5.41, 5.74) is 0. The number of sulfone groups is 1. The van der Waals surface area contributed by atoms with E-state index >= 15 is 0 Å². The van der Waals surface area contributed by atoms with Gasteiger partial charge in [-0.05, 0) is 44.2 Å². The Balaban J connectivity index is 4.03. The van der Waals surface area contributed by atoms with E-state index in [1.54, 1.807) is 0 Å². The molecule has 0 saturated carbocycles. The lowest BCUT2D eigenvalue weighted by molar-refractivity contribution is 0.412. The lowest BCUT2D eigenvalue weighted by Crippen LogP contribution is -2.28. The van der Waals surface area contributed by atoms with Gasteiger partial charge in [0.05, 0.1) is 5.75 Å². The van der Waals surface area contributed by atoms with Crippen molar-refractivity contribution >= 4 is 9.84 Å². The Labute approximate surface area is 114 Å². The smallest absolute Gasteiger partial charge is 0.150 e. The van der Waals surface area contributed by atoms with Crippen molar-refractivity contribution in [2.45, 2.75) is 53.4 Å². The van der Waals surface area contributed by atoms with Crippen LogP contribution >= 0.6 is 0 Å². The third-order valence-corrected chi connectivity index (χ3v) is 4.92. The summed E-state index contributed by atoms with van der Waals surface area (Å²) in [5, 5.41) is 3.44. The molecule has 4 heteroatoms. The highest BCUT2D eigenvalue weighted by Gasteiger charge is 2.14. The van der Waals surface area contributed by atoms with Crippen molar-refractivity contribution < 1.29 is 8.42 Å². The molecule has 0 heterocycles. The van der Waals surface area contributed by atoms with Crippen LogP contribution < -0.4 is 5.32 Å². The Morgan fingerprint density at radius 2 is 1.61 bits per heavy atom. The monoisotopic (exact) mass is 277 g/mol. The van der Waals surface area contributed by atoms with E-state index in [1.165, 1.54) is 0 Å². The molecule has 3 nitrogen and oxygen atoms in total. The molecule has 0 radical (unpaired) electrons. The van der Waals surface area contributed by atoms with Crippen LogP contribution in [0.15, 0.2) is 0 Å². The van der Waals surface area contributed by atoms with Crippen LogP contribution in [0.4, 0.5) is 0 Å². The van der Waals surface area contributed by atoms with Gasteiger partial charge in [-0.15, -0.1) is 0 Å². The van der Waals surface area contributed by atoms with Crippen molar-refractivity contribution in [1.82, 2.24) is 5.32 Å². The molecule has 1 atom stereocenters. The van der Waals surface area contributed by atoms with Crippen molar-refractivity contribution in [1.29, 1.82) is 0 Å². The van der Waals surface area contributed by atoms with Crippen LogP contribution in [0.3, 0.4) is 0 Å². The maximum Gasteiger partial charge on any atom is 0.150 e. The summed E-state index contributed by atoms with van der Waals surface area (Å²) in [6.07, 6.45) is 3.78. The lowest BCUT2D eigenvalue weighted by Gasteiger charge is -2.17. The SMILES string of the molecule is CCCC(CCS(=O)(=O)CCC)CNCC(C)C. The Morgan fingerprint density at radius 1 is 0.944 bits per heavy atom. The lowest BCUT2D eigenvalue weighted by atomic mass is 10.0. The van der Waals surface area contributed by atoms with Crippen LogP contribution in [-0.4, -0.2) is 33.0 Å². The van der Waals surface area contributed by atoms with Gasteiger partial charge < -0.3 is 5.32 Å². The van der Waals surface area contributed by atoms with Crippen LogP contribution in [0.1, 0.15) is 53.4 Å². The van der Waals surface area contributed by atoms with Gasteiger partial charge in [0.1, 0.15) is 9.84 Å². The number of hydrogen-bond donors (Lipinski definition) is 1. The quantitative estimate of drug-likeness (QED) is 0.631. The molecule has 0 aromatic heterocycles. The number of rotatable bonds is 11. The van der Waals surface area contributed by atoms with E-state index in [2.05, 4.69) is 26.1 Å². The Hall–Kier alpha value is -0.0900. The molecular weight excluding hydrogens is 246 g/mol. The predicted molar refractivity (Wildman–Crippen MR) is 79.7 cm³/mol. The van der Waals surface area contributed by atoms with Crippen LogP contribution in [0.25, 0.3) is 0 Å². The first kappa shape index (κ1) is 17.9. The molecule has 0 aromatic carbocycles. The molecule has 0 spiro atoms. The summed E-state index contributed by atoms with van der Waals surface area (Å²) < 4.78 is 23.4. The zero-order chi connectivity index (χ0) is 14.0. The van der Waals surface area contributed by atoms with E-state index in [1.807, 2.05) is 6.92 Å². The van der Waals surface area contributed by atoms with Crippen molar-refractivity contribution in [3.8, 4) is 0 Å². The summed E-state index contributed by atoms with van der Waals surface area (Å²) in [4.78, 5) is 0. The number of nitrogens with one attached hydrogen (secondary N) is 1. The maximum absolute atomic E-state index is 11.7. The second-order valence-corrected chi connectivity index (χ2v) is 7.95. The van der Waals surface area contributed by atoms with Crippen LogP contribution in [0.2, 0.25) is 0 Å². The largest absolute Gasteiger partial charge is 0.316 e. The van der Waals surface area contributed by atoms with Crippen LogP contribution in [0.5, 0.6) is 0 Å². The van der Waals surface area contributed by atoms with Gasteiger partial charge in [-0.2, -0.15) is 0 Å². The topological polar surface area (TPSA) is 46.2 Å². The van der Waals surface area contributed by atoms with Gasteiger partial charge in [0.2, 0.25) is 0 Å². The molecule has 110 valence electrons. The molecule has 0 bridgehead atoms. The normalized spacial score (nSPS) is 14.1. The average Bonchev–Trinajstić information content (AvgIpc) is 2.25. The first-order chi connectivity index (χ1) is 8.41. The molecule has 0 aliphatic carbocycles. The Bertz CT molecular complexity index is 286. The Morgan fingerprint density at radius 3 is 2.11 bits per heavy atom.